The van der Waals surface area contributed by atoms with Crippen molar-refractivity contribution < 1.29 is 9.47 Å². The highest BCUT2D eigenvalue weighted by molar-refractivity contribution is 5.43. The molecule has 116 valence electrons. The molecule has 1 aromatic carbocycles. The fourth-order valence-electron chi connectivity index (χ4n) is 1.89. The van der Waals surface area contributed by atoms with E-state index in [0.717, 1.165) is 18.7 Å². The van der Waals surface area contributed by atoms with Crippen molar-refractivity contribution in [3.63, 3.8) is 0 Å². The van der Waals surface area contributed by atoms with Crippen LogP contribution in [0.3, 0.4) is 0 Å². The van der Waals surface area contributed by atoms with Crippen LogP contribution in [0.5, 0.6) is 11.5 Å². The van der Waals surface area contributed by atoms with Gasteiger partial charge in [-0.3, -0.25) is 0 Å². The van der Waals surface area contributed by atoms with Crippen molar-refractivity contribution in [1.29, 1.82) is 5.26 Å². The van der Waals surface area contributed by atoms with E-state index in [1.165, 1.54) is 0 Å². The average Bonchev–Trinajstić information content (AvgIpc) is 2.46. The number of benzene rings is 1. The Bertz CT molecular complexity index is 466. The molecule has 0 aliphatic carbocycles. The molecule has 1 N–H and O–H groups in total. The molecule has 0 aliphatic rings. The van der Waals surface area contributed by atoms with E-state index in [1.54, 1.807) is 0 Å². The molecule has 1 aromatic rings. The number of nitrogens with one attached hydrogen (secondary N) is 1. The van der Waals surface area contributed by atoms with Crippen molar-refractivity contribution >= 4 is 0 Å². The smallest absolute Gasteiger partial charge is 0.184 e. The first-order valence-corrected chi connectivity index (χ1v) is 7.63. The molecule has 0 aromatic heterocycles. The molecule has 0 amide bonds. The Morgan fingerprint density at radius 2 is 2.00 bits per heavy atom. The van der Waals surface area contributed by atoms with E-state index in [1.807, 2.05) is 32.0 Å². The fourth-order valence-corrected chi connectivity index (χ4v) is 1.89. The van der Waals surface area contributed by atoms with Gasteiger partial charge >= 0.3 is 0 Å². The molecule has 4 heteroatoms. The minimum Gasteiger partial charge on any atom is -0.490 e. The minimum atomic E-state index is -0.436. The number of nitrogens with zero attached hydrogens (tertiary/aromatic N) is 1. The summed E-state index contributed by atoms with van der Waals surface area (Å²) in [5.41, 5.74) is 1.15. The van der Waals surface area contributed by atoms with E-state index in [-0.39, 0.29) is 0 Å². The van der Waals surface area contributed by atoms with Crippen LogP contribution >= 0.6 is 0 Å². The summed E-state index contributed by atoms with van der Waals surface area (Å²) in [5.74, 6) is 1.97. The third kappa shape index (κ3) is 6.05. The number of hydrogen-bond acceptors (Lipinski definition) is 4. The van der Waals surface area contributed by atoms with Crippen LogP contribution in [-0.2, 0) is 6.54 Å². The Labute approximate surface area is 128 Å². The molecular weight excluding hydrogens is 264 g/mol. The van der Waals surface area contributed by atoms with Gasteiger partial charge in [-0.1, -0.05) is 26.8 Å². The van der Waals surface area contributed by atoms with Gasteiger partial charge in [0.15, 0.2) is 17.6 Å². The lowest BCUT2D eigenvalue weighted by Gasteiger charge is -2.16. The van der Waals surface area contributed by atoms with Gasteiger partial charge in [0, 0.05) is 6.54 Å². The van der Waals surface area contributed by atoms with Crippen LogP contribution in [0, 0.1) is 17.2 Å². The molecule has 21 heavy (non-hydrogen) atoms. The topological polar surface area (TPSA) is 54.3 Å². The molecule has 0 radical (unpaired) electrons. The number of nitriles is 1. The zero-order chi connectivity index (χ0) is 15.7. The van der Waals surface area contributed by atoms with E-state index in [0.29, 0.717) is 30.4 Å². The number of ether oxygens (including phenoxy) is 2. The van der Waals surface area contributed by atoms with Crippen molar-refractivity contribution in [3.8, 4) is 17.6 Å². The summed E-state index contributed by atoms with van der Waals surface area (Å²) < 4.78 is 11.3. The van der Waals surface area contributed by atoms with Crippen LogP contribution in [0.1, 0.15) is 39.7 Å². The lowest BCUT2D eigenvalue weighted by atomic mass is 10.1. The van der Waals surface area contributed by atoms with Crippen LogP contribution < -0.4 is 14.8 Å². The van der Waals surface area contributed by atoms with E-state index in [4.69, 9.17) is 14.7 Å². The maximum atomic E-state index is 9.01. The van der Waals surface area contributed by atoms with Crippen LogP contribution in [-0.4, -0.2) is 19.3 Å². The Hall–Kier alpha value is -1.73. The van der Waals surface area contributed by atoms with Gasteiger partial charge < -0.3 is 14.8 Å². The van der Waals surface area contributed by atoms with Crippen LogP contribution in [0.25, 0.3) is 0 Å². The minimum absolute atomic E-state index is 0.436. The van der Waals surface area contributed by atoms with E-state index < -0.39 is 6.10 Å². The van der Waals surface area contributed by atoms with Gasteiger partial charge in [0.25, 0.3) is 0 Å². The molecule has 0 bridgehead atoms. The van der Waals surface area contributed by atoms with Gasteiger partial charge in [0.05, 0.1) is 6.61 Å². The molecule has 1 atom stereocenters. The maximum Gasteiger partial charge on any atom is 0.184 e. The van der Waals surface area contributed by atoms with Gasteiger partial charge in [-0.15, -0.1) is 0 Å². The van der Waals surface area contributed by atoms with Crippen LogP contribution in [0.15, 0.2) is 18.2 Å². The van der Waals surface area contributed by atoms with E-state index in [9.17, 15) is 0 Å². The lowest BCUT2D eigenvalue weighted by molar-refractivity contribution is 0.231. The molecule has 0 heterocycles. The largest absolute Gasteiger partial charge is 0.490 e. The van der Waals surface area contributed by atoms with E-state index >= 15 is 0 Å². The lowest BCUT2D eigenvalue weighted by Crippen LogP contribution is -2.19. The Kier molecular flexibility index (Phi) is 7.63. The summed E-state index contributed by atoms with van der Waals surface area (Å²) in [4.78, 5) is 0. The summed E-state index contributed by atoms with van der Waals surface area (Å²) in [6.07, 6.45) is 0.217. The SMILES string of the molecule is CCOc1cc(CNCC(C)C)ccc1OC(C#N)CC. The predicted octanol–water partition coefficient (Wildman–Crippen LogP) is 3.51. The van der Waals surface area contributed by atoms with Crippen molar-refractivity contribution in [2.45, 2.75) is 46.8 Å². The molecule has 0 spiro atoms. The average molecular weight is 290 g/mol. The fraction of sp³-hybridized carbons (Fsp3) is 0.588. The third-order valence-electron chi connectivity index (χ3n) is 2.97. The first kappa shape index (κ1) is 17.3. The molecule has 0 fully saturated rings. The molecule has 1 rings (SSSR count). The van der Waals surface area contributed by atoms with Gasteiger partial charge in [-0.25, -0.2) is 0 Å². The Morgan fingerprint density at radius 3 is 2.57 bits per heavy atom. The second-order valence-electron chi connectivity index (χ2n) is 5.38. The molecule has 4 nitrogen and oxygen atoms in total. The monoisotopic (exact) mass is 290 g/mol. The first-order valence-electron chi connectivity index (χ1n) is 7.63. The molecule has 0 saturated carbocycles. The molecule has 0 saturated heterocycles. The highest BCUT2D eigenvalue weighted by Gasteiger charge is 2.12. The molecule has 0 aliphatic heterocycles. The zero-order valence-corrected chi connectivity index (χ0v) is 13.5. The normalized spacial score (nSPS) is 12.0. The zero-order valence-electron chi connectivity index (χ0n) is 13.5. The van der Waals surface area contributed by atoms with Crippen molar-refractivity contribution in [1.82, 2.24) is 5.32 Å². The Balaban J connectivity index is 2.78. The molecular formula is C17H26N2O2. The maximum absolute atomic E-state index is 9.01. The Morgan fingerprint density at radius 1 is 1.24 bits per heavy atom. The van der Waals surface area contributed by atoms with Crippen molar-refractivity contribution in [3.05, 3.63) is 23.8 Å². The highest BCUT2D eigenvalue weighted by atomic mass is 16.5. The van der Waals surface area contributed by atoms with Crippen LogP contribution in [0.4, 0.5) is 0 Å². The van der Waals surface area contributed by atoms with E-state index in [2.05, 4.69) is 25.2 Å². The summed E-state index contributed by atoms with van der Waals surface area (Å²) in [6.45, 7) is 10.6. The standard InChI is InChI=1S/C17H26N2O2/c1-5-15(10-18)21-16-8-7-14(9-17(16)20-6-2)12-19-11-13(3)4/h7-9,13,15,19H,5-6,11-12H2,1-4H3. The molecule has 1 unspecified atom stereocenters. The van der Waals surface area contributed by atoms with Crippen molar-refractivity contribution in [2.75, 3.05) is 13.2 Å². The quantitative estimate of drug-likeness (QED) is 0.756. The van der Waals surface area contributed by atoms with Crippen LogP contribution in [0.2, 0.25) is 0 Å². The van der Waals surface area contributed by atoms with Gasteiger partial charge in [0.2, 0.25) is 0 Å². The van der Waals surface area contributed by atoms with Gasteiger partial charge in [-0.2, -0.15) is 5.26 Å². The first-order chi connectivity index (χ1) is 10.1. The number of hydrogen-bond donors (Lipinski definition) is 1. The second kappa shape index (κ2) is 9.25. The van der Waals surface area contributed by atoms with Crippen molar-refractivity contribution in [2.24, 2.45) is 5.92 Å². The summed E-state index contributed by atoms with van der Waals surface area (Å²) in [7, 11) is 0. The number of rotatable bonds is 9. The van der Waals surface area contributed by atoms with Gasteiger partial charge in [0.1, 0.15) is 6.07 Å². The third-order valence-corrected chi connectivity index (χ3v) is 2.97. The second-order valence-corrected chi connectivity index (χ2v) is 5.38. The van der Waals surface area contributed by atoms with Gasteiger partial charge in [-0.05, 0) is 43.5 Å². The predicted molar refractivity (Wildman–Crippen MR) is 84.5 cm³/mol. The highest BCUT2D eigenvalue weighted by Crippen LogP contribution is 2.29. The summed E-state index contributed by atoms with van der Waals surface area (Å²) >= 11 is 0. The summed E-state index contributed by atoms with van der Waals surface area (Å²) in [5, 5.41) is 12.4. The summed E-state index contributed by atoms with van der Waals surface area (Å²) in [6, 6.07) is 8.02.